The quantitative estimate of drug-likeness (QED) is 0.155. The van der Waals surface area contributed by atoms with Crippen molar-refractivity contribution in [2.45, 2.75) is 13.8 Å². The van der Waals surface area contributed by atoms with Gasteiger partial charge >= 0.3 is 477 Å². The van der Waals surface area contributed by atoms with Gasteiger partial charge in [0.15, 0.2) is 0 Å². The number of hydrogen-bond donors (Lipinski definition) is 0. The van der Waals surface area contributed by atoms with Gasteiger partial charge < -0.3 is 0 Å². The summed E-state index contributed by atoms with van der Waals surface area (Å²) in [5.41, 5.74) is 9.71. The van der Waals surface area contributed by atoms with Crippen molar-refractivity contribution in [3.05, 3.63) is 206 Å². The molecule has 7 heterocycles. The van der Waals surface area contributed by atoms with Crippen LogP contribution in [0.2, 0.25) is 0 Å². The fraction of sp³-hybridized carbons (Fsp3) is 0.0968. The van der Waals surface area contributed by atoms with Crippen molar-refractivity contribution in [2.75, 3.05) is 76.9 Å². The molecule has 9 aromatic rings. The van der Waals surface area contributed by atoms with Gasteiger partial charge in [0.2, 0.25) is 0 Å². The zero-order valence-electron chi connectivity index (χ0n) is 52.2. The van der Waals surface area contributed by atoms with E-state index in [0.29, 0.717) is 119 Å². The molecule has 14 heteroatoms. The van der Waals surface area contributed by atoms with Crippen LogP contribution in [0, 0.1) is 38.1 Å². The fourth-order valence-corrected chi connectivity index (χ4v) is 16.6. The first-order valence-corrected chi connectivity index (χ1v) is 28.5. The van der Waals surface area contributed by atoms with E-state index in [0.717, 1.165) is 11.1 Å². The molecule has 0 aliphatic carbocycles. The van der Waals surface area contributed by atoms with Crippen molar-refractivity contribution in [2.24, 2.45) is 0 Å². The Morgan fingerprint density at radius 1 is 0.329 bits per heavy atom. The molecule has 1 aromatic heterocycles. The van der Waals surface area contributed by atoms with Crippen LogP contribution in [-0.2, 0) is 35.3 Å². The zero-order valence-corrected chi connectivity index (χ0v) is 44.7. The molecule has 15 rings (SSSR count). The normalized spacial score (nSPS) is 19.0. The number of aryl methyl sites for hydroxylation is 2. The summed E-state index contributed by atoms with van der Waals surface area (Å²) in [6, 6.07) is 62.6. The van der Waals surface area contributed by atoms with Gasteiger partial charge in [0.1, 0.15) is 0 Å². The molecule has 0 amide bonds. The Kier molecular flexibility index (Phi) is 7.72. The number of aromatic nitrogens is 2. The number of anilines is 18. The van der Waals surface area contributed by atoms with Crippen molar-refractivity contribution < 1.29 is 51.7 Å². The summed E-state index contributed by atoms with van der Waals surface area (Å²) < 4.78 is 110. The zero-order chi connectivity index (χ0) is 61.1. The Hall–Kier alpha value is -8.30. The Morgan fingerprint density at radius 3 is 0.895 bits per heavy atom. The first-order chi connectivity index (χ1) is 42.0. The van der Waals surface area contributed by atoms with Crippen molar-refractivity contribution in [3.8, 4) is 0 Å². The minimum absolute atomic E-state index is 0.333. The first kappa shape index (κ1) is 34.3. The minimum atomic E-state index is -2.69. The summed E-state index contributed by atoms with van der Waals surface area (Å²) in [6.07, 6.45) is 3.27. The predicted octanol–water partition coefficient (Wildman–Crippen LogP) is 12.1. The van der Waals surface area contributed by atoms with Gasteiger partial charge in [-0.2, -0.15) is 0 Å². The molecule has 8 bridgehead atoms. The number of rotatable bonds is 2. The van der Waals surface area contributed by atoms with E-state index in [9.17, 15) is 0 Å². The van der Waals surface area contributed by atoms with Crippen LogP contribution < -0.4 is 49.0 Å². The third-order valence-corrected chi connectivity index (χ3v) is 19.7. The molecule has 0 spiro atoms. The van der Waals surface area contributed by atoms with E-state index in [4.69, 9.17) is 26.4 Å². The van der Waals surface area contributed by atoms with Crippen LogP contribution >= 0.6 is 0 Å². The second-order valence-corrected chi connectivity index (χ2v) is 23.6. The number of benzene rings is 8. The number of fused-ring (bicyclic) bond motifs is 24. The van der Waals surface area contributed by atoms with Crippen molar-refractivity contribution >= 4 is 119 Å². The van der Waals surface area contributed by atoms with Gasteiger partial charge in [0.05, 0.1) is 0 Å². The second-order valence-electron chi connectivity index (χ2n) is 18.4. The predicted molar refractivity (Wildman–Crippen MR) is 304 cm³/mol. The van der Waals surface area contributed by atoms with Gasteiger partial charge in [-0.25, -0.2) is 0 Å². The average molecular weight is 1360 g/mol. The molecule has 0 fully saturated rings. The SMILES string of the molecule is [2H]C([2H])([2H])N1[C]2=[Pt]=[C]3N(c4[c-]c(cc(C)c4)N(c4cnc(N5c6[c-]c(ccc6)N6[C](=[Pt]=[C]7N(c8[c-]c5cc(C)c8)c5ccccc5N7C([2H])([2H])[2H])N(C([2H])([2H])[2H])c5ccccc56)cn4)c4[c-]c(ccc4)N2c2ccccc21)c1ccccc1N3C([2H])([2H])[2H]. The molecular weight excluding hydrogens is 1300 g/mol. The van der Waals surface area contributed by atoms with Gasteiger partial charge in [0.25, 0.3) is 0 Å². The summed E-state index contributed by atoms with van der Waals surface area (Å²) in [7, 11) is 0. The van der Waals surface area contributed by atoms with E-state index < -0.39 is 63.2 Å². The molecule has 8 aromatic carbocycles. The summed E-state index contributed by atoms with van der Waals surface area (Å²) >= 11 is -3.44. The maximum atomic E-state index is 9.04. The third kappa shape index (κ3) is 6.76. The van der Waals surface area contributed by atoms with Gasteiger partial charge in [-0.3, -0.25) is 0 Å². The molecular formula is C62H46N12Pt2-4. The van der Waals surface area contributed by atoms with E-state index in [2.05, 4.69) is 24.3 Å². The third-order valence-electron chi connectivity index (χ3n) is 13.6. The summed E-state index contributed by atoms with van der Waals surface area (Å²) in [4.78, 5) is 27.2. The number of hydrogen-bond acceptors (Lipinski definition) is 12. The topological polar surface area (TPSA) is 58.2 Å². The molecule has 76 heavy (non-hydrogen) atoms. The summed E-state index contributed by atoms with van der Waals surface area (Å²) in [5.74, 6) is 0.667. The van der Waals surface area contributed by atoms with E-state index in [-0.39, 0.29) is 0 Å². The molecule has 12 nitrogen and oxygen atoms in total. The monoisotopic (exact) mass is 1360 g/mol. The molecule has 0 N–H and O–H groups in total. The molecule has 0 radical (unpaired) electrons. The first-order valence-electron chi connectivity index (χ1n) is 30.0. The van der Waals surface area contributed by atoms with Crippen molar-refractivity contribution in [3.63, 3.8) is 0 Å². The standard InChI is InChI=1S/C62H46N12.2Pt/c1-43-29-49(71-41-67(5)55-23-9-13-27-59(55)71)35-51(31-43)73(47-19-15-17-45(33-47)69-39-65(3)53-21-7-11-25-57(53)69)61-37-64-62(38-63-61)74(48-20-16-18-46(34-48)70-40-66(4)54-22-8-12-26-58(54)70)52-32-44(2)30-50(36-52)72-42-68(6)56-24-10-14-28-60(56)72;;/h7-32,37-38H,1-6H3;;/q-4;;/i3D3,4D3,5D3,6D3;;. The molecule has 6 aliphatic heterocycles. The Morgan fingerprint density at radius 2 is 0.592 bits per heavy atom. The van der Waals surface area contributed by atoms with Crippen LogP contribution in [0.15, 0.2) is 170 Å². The Bertz CT molecular complexity index is 4290. The Labute approximate surface area is 474 Å². The van der Waals surface area contributed by atoms with Gasteiger partial charge in [0, 0.05) is 0 Å². The molecule has 0 unspecified atom stereocenters. The van der Waals surface area contributed by atoms with Crippen LogP contribution in [0.25, 0.3) is 0 Å². The number of para-hydroxylation sites is 8. The van der Waals surface area contributed by atoms with Gasteiger partial charge in [-0.1, -0.05) is 0 Å². The summed E-state index contributed by atoms with van der Waals surface area (Å²) in [6.45, 7) is -6.86. The van der Waals surface area contributed by atoms with Crippen LogP contribution in [0.1, 0.15) is 27.6 Å². The van der Waals surface area contributed by atoms with E-state index in [1.165, 1.54) is 19.6 Å². The average Bonchev–Trinajstić information content (AvgIpc) is 1.59. The molecule has 6 aliphatic rings. The van der Waals surface area contributed by atoms with Crippen LogP contribution in [0.5, 0.6) is 0 Å². The number of nitrogens with zero attached hydrogens (tertiary/aromatic N) is 12. The summed E-state index contributed by atoms with van der Waals surface area (Å²) in [5, 5.41) is 0. The second kappa shape index (κ2) is 17.1. The van der Waals surface area contributed by atoms with Crippen molar-refractivity contribution in [1.29, 1.82) is 0 Å². The van der Waals surface area contributed by atoms with E-state index in [1.807, 2.05) is 152 Å². The molecule has 0 saturated heterocycles. The van der Waals surface area contributed by atoms with Crippen LogP contribution in [0.3, 0.4) is 0 Å². The van der Waals surface area contributed by atoms with Gasteiger partial charge in [-0.05, 0) is 0 Å². The molecule has 378 valence electrons. The van der Waals surface area contributed by atoms with Crippen LogP contribution in [0.4, 0.5) is 103 Å². The van der Waals surface area contributed by atoms with Crippen LogP contribution in [-0.4, -0.2) is 54.5 Å². The van der Waals surface area contributed by atoms with E-state index in [1.54, 1.807) is 60.9 Å². The van der Waals surface area contributed by atoms with Gasteiger partial charge in [-0.15, -0.1) is 0 Å². The Balaban J connectivity index is 0.945. The molecule has 0 saturated carbocycles. The van der Waals surface area contributed by atoms with Crippen molar-refractivity contribution in [1.82, 2.24) is 9.97 Å². The maximum absolute atomic E-state index is 9.04. The van der Waals surface area contributed by atoms with E-state index >= 15 is 0 Å². The molecule has 0 atom stereocenters. The fourth-order valence-electron chi connectivity index (χ4n) is 10.3.